The number of benzene rings is 1. The summed E-state index contributed by atoms with van der Waals surface area (Å²) in [6.07, 6.45) is 7.07. The predicted octanol–water partition coefficient (Wildman–Crippen LogP) is 2.59. The van der Waals surface area contributed by atoms with Gasteiger partial charge in [0, 0.05) is 37.8 Å². The highest BCUT2D eigenvalue weighted by Crippen LogP contribution is 2.22. The molecule has 3 rings (SSSR count). The van der Waals surface area contributed by atoms with Gasteiger partial charge in [0.1, 0.15) is 11.6 Å². The van der Waals surface area contributed by atoms with Crippen LogP contribution >= 0.6 is 0 Å². The number of aryl methyl sites for hydroxylation is 1. The fraction of sp³-hybridized carbons (Fsp3) is 0.474. The van der Waals surface area contributed by atoms with Crippen LogP contribution in [0.3, 0.4) is 0 Å². The molecule has 1 aliphatic rings. The van der Waals surface area contributed by atoms with Gasteiger partial charge in [-0.1, -0.05) is 25.1 Å². The molecule has 1 aromatic carbocycles. The van der Waals surface area contributed by atoms with Crippen molar-refractivity contribution in [2.75, 3.05) is 7.11 Å². The van der Waals surface area contributed by atoms with Crippen LogP contribution in [0, 0.1) is 5.92 Å². The van der Waals surface area contributed by atoms with Crippen LogP contribution in [0.2, 0.25) is 0 Å². The summed E-state index contributed by atoms with van der Waals surface area (Å²) in [4.78, 5) is 16.7. The first kappa shape index (κ1) is 16.6. The van der Waals surface area contributed by atoms with Crippen molar-refractivity contribution >= 4 is 5.91 Å². The van der Waals surface area contributed by atoms with Gasteiger partial charge < -0.3 is 14.6 Å². The van der Waals surface area contributed by atoms with Crippen LogP contribution in [0.1, 0.15) is 31.2 Å². The molecule has 5 heteroatoms. The summed E-state index contributed by atoms with van der Waals surface area (Å²) >= 11 is 0. The molecule has 5 nitrogen and oxygen atoms in total. The van der Waals surface area contributed by atoms with E-state index in [9.17, 15) is 4.79 Å². The molecule has 2 heterocycles. The van der Waals surface area contributed by atoms with Crippen LogP contribution in [-0.2, 0) is 24.2 Å². The zero-order valence-corrected chi connectivity index (χ0v) is 14.4. The Kier molecular flexibility index (Phi) is 5.18. The Balaban J connectivity index is 1.50. The molecule has 1 N–H and O–H groups in total. The summed E-state index contributed by atoms with van der Waals surface area (Å²) in [5.74, 6) is 2.41. The van der Waals surface area contributed by atoms with Gasteiger partial charge >= 0.3 is 0 Å². The minimum Gasteiger partial charge on any atom is -0.496 e. The van der Waals surface area contributed by atoms with Crippen LogP contribution in [0.4, 0.5) is 0 Å². The molecule has 0 saturated carbocycles. The van der Waals surface area contributed by atoms with Gasteiger partial charge in [-0.05, 0) is 30.4 Å². The number of methoxy groups -OCH3 is 1. The van der Waals surface area contributed by atoms with E-state index < -0.39 is 0 Å². The molecule has 2 atom stereocenters. The number of aromatic nitrogens is 2. The molecule has 1 aromatic heterocycles. The molecule has 0 fully saturated rings. The number of ether oxygens (including phenoxy) is 1. The number of hydrogen-bond donors (Lipinski definition) is 1. The minimum absolute atomic E-state index is 0.131. The molecular formula is C19H25N3O2. The van der Waals surface area contributed by atoms with Gasteiger partial charge in [-0.25, -0.2) is 4.98 Å². The number of rotatable bonds is 6. The highest BCUT2D eigenvalue weighted by atomic mass is 16.5. The van der Waals surface area contributed by atoms with Crippen molar-refractivity contribution in [2.24, 2.45) is 5.92 Å². The van der Waals surface area contributed by atoms with Crippen molar-refractivity contribution < 1.29 is 9.53 Å². The first-order valence-corrected chi connectivity index (χ1v) is 8.57. The van der Waals surface area contributed by atoms with Crippen molar-refractivity contribution in [2.45, 2.75) is 45.2 Å². The predicted molar refractivity (Wildman–Crippen MR) is 93.0 cm³/mol. The topological polar surface area (TPSA) is 56.1 Å². The lowest BCUT2D eigenvalue weighted by Crippen LogP contribution is -2.41. The zero-order chi connectivity index (χ0) is 16.9. The standard InChI is InChI=1S/C19H25N3O2/c1-14(11-15-5-3-4-6-17(15)24-2)12-19(23)21-16-7-8-18-20-9-10-22(18)13-16/h3-6,9-10,14,16H,7-8,11-13H2,1-2H3,(H,21,23)/t14-,16+/m0/s1. The maximum absolute atomic E-state index is 12.3. The third kappa shape index (κ3) is 3.96. The van der Waals surface area contributed by atoms with Crippen molar-refractivity contribution in [1.82, 2.24) is 14.9 Å². The number of nitrogens with zero attached hydrogens (tertiary/aromatic N) is 2. The molecule has 0 spiro atoms. The normalized spacial score (nSPS) is 17.8. The fourth-order valence-corrected chi connectivity index (χ4v) is 3.41. The van der Waals surface area contributed by atoms with Gasteiger partial charge in [0.15, 0.2) is 0 Å². The van der Waals surface area contributed by atoms with E-state index in [0.29, 0.717) is 6.42 Å². The SMILES string of the molecule is COc1ccccc1C[C@H](C)CC(=O)N[C@@H]1CCc2nccn2C1. The largest absolute Gasteiger partial charge is 0.496 e. The smallest absolute Gasteiger partial charge is 0.220 e. The molecule has 0 saturated heterocycles. The zero-order valence-electron chi connectivity index (χ0n) is 14.4. The van der Waals surface area contributed by atoms with E-state index in [-0.39, 0.29) is 17.9 Å². The summed E-state index contributed by atoms with van der Waals surface area (Å²) in [6.45, 7) is 2.93. The number of para-hydroxylation sites is 1. The van der Waals surface area contributed by atoms with E-state index in [2.05, 4.69) is 27.9 Å². The summed E-state index contributed by atoms with van der Waals surface area (Å²) < 4.78 is 7.52. The molecule has 0 aliphatic carbocycles. The van der Waals surface area contributed by atoms with Crippen molar-refractivity contribution in [3.05, 3.63) is 48.0 Å². The van der Waals surface area contributed by atoms with Gasteiger partial charge in [0.2, 0.25) is 5.91 Å². The van der Waals surface area contributed by atoms with Crippen molar-refractivity contribution in [1.29, 1.82) is 0 Å². The van der Waals surface area contributed by atoms with Crippen LogP contribution in [0.25, 0.3) is 0 Å². The average Bonchev–Trinajstić information content (AvgIpc) is 3.02. The summed E-state index contributed by atoms with van der Waals surface area (Å²) in [6, 6.07) is 8.21. The number of fused-ring (bicyclic) bond motifs is 1. The van der Waals surface area contributed by atoms with E-state index in [4.69, 9.17) is 4.74 Å². The molecule has 0 bridgehead atoms. The lowest BCUT2D eigenvalue weighted by Gasteiger charge is -2.25. The van der Waals surface area contributed by atoms with E-state index in [0.717, 1.165) is 42.9 Å². The highest BCUT2D eigenvalue weighted by Gasteiger charge is 2.21. The van der Waals surface area contributed by atoms with Crippen LogP contribution in [0.15, 0.2) is 36.7 Å². The lowest BCUT2D eigenvalue weighted by atomic mass is 9.96. The van der Waals surface area contributed by atoms with Gasteiger partial charge in [0.05, 0.1) is 7.11 Å². The van der Waals surface area contributed by atoms with Gasteiger partial charge in [0.25, 0.3) is 0 Å². The second-order valence-corrected chi connectivity index (χ2v) is 6.62. The Labute approximate surface area is 143 Å². The van der Waals surface area contributed by atoms with E-state index in [1.165, 1.54) is 0 Å². The fourth-order valence-electron chi connectivity index (χ4n) is 3.41. The van der Waals surface area contributed by atoms with E-state index in [1.807, 2.05) is 30.6 Å². The second kappa shape index (κ2) is 7.51. The maximum Gasteiger partial charge on any atom is 0.220 e. The lowest BCUT2D eigenvalue weighted by molar-refractivity contribution is -0.122. The molecule has 24 heavy (non-hydrogen) atoms. The monoisotopic (exact) mass is 327 g/mol. The van der Waals surface area contributed by atoms with Crippen LogP contribution in [-0.4, -0.2) is 28.6 Å². The van der Waals surface area contributed by atoms with E-state index >= 15 is 0 Å². The summed E-state index contributed by atoms with van der Waals surface area (Å²) in [7, 11) is 1.68. The molecule has 0 radical (unpaired) electrons. The number of carbonyl (C=O) groups excluding carboxylic acids is 1. The summed E-state index contributed by atoms with van der Waals surface area (Å²) in [5, 5.41) is 3.18. The third-order valence-electron chi connectivity index (χ3n) is 4.60. The van der Waals surface area contributed by atoms with Crippen molar-refractivity contribution in [3.8, 4) is 5.75 Å². The first-order chi connectivity index (χ1) is 11.7. The molecule has 0 unspecified atom stereocenters. The molecule has 1 aliphatic heterocycles. The summed E-state index contributed by atoms with van der Waals surface area (Å²) in [5.41, 5.74) is 1.15. The van der Waals surface area contributed by atoms with Gasteiger partial charge in [-0.3, -0.25) is 4.79 Å². The van der Waals surface area contributed by atoms with Gasteiger partial charge in [-0.2, -0.15) is 0 Å². The number of amides is 1. The molecular weight excluding hydrogens is 302 g/mol. The molecule has 1 amide bonds. The van der Waals surface area contributed by atoms with Gasteiger partial charge in [-0.15, -0.1) is 0 Å². The Morgan fingerprint density at radius 3 is 3.12 bits per heavy atom. The molecule has 128 valence electrons. The average molecular weight is 327 g/mol. The Hall–Kier alpha value is -2.30. The quantitative estimate of drug-likeness (QED) is 0.887. The highest BCUT2D eigenvalue weighted by molar-refractivity contribution is 5.76. The second-order valence-electron chi connectivity index (χ2n) is 6.62. The maximum atomic E-state index is 12.3. The Bertz CT molecular complexity index is 695. The third-order valence-corrected chi connectivity index (χ3v) is 4.60. The first-order valence-electron chi connectivity index (χ1n) is 8.57. The van der Waals surface area contributed by atoms with Crippen molar-refractivity contribution in [3.63, 3.8) is 0 Å². The minimum atomic E-state index is 0.131. The van der Waals surface area contributed by atoms with Crippen LogP contribution < -0.4 is 10.1 Å². The Morgan fingerprint density at radius 2 is 2.29 bits per heavy atom. The number of hydrogen-bond acceptors (Lipinski definition) is 3. The number of imidazole rings is 1. The number of nitrogens with one attached hydrogen (secondary N) is 1. The van der Waals surface area contributed by atoms with E-state index in [1.54, 1.807) is 7.11 Å². The number of carbonyl (C=O) groups is 1. The Morgan fingerprint density at radius 1 is 1.46 bits per heavy atom. The van der Waals surface area contributed by atoms with Crippen LogP contribution in [0.5, 0.6) is 5.75 Å². The molecule has 2 aromatic rings.